The summed E-state index contributed by atoms with van der Waals surface area (Å²) in [6.07, 6.45) is 3.54. The van der Waals surface area contributed by atoms with E-state index in [0.717, 1.165) is 19.4 Å². The lowest BCUT2D eigenvalue weighted by Gasteiger charge is -2.34. The number of carbonyl (C=O) groups excluding carboxylic acids is 1. The van der Waals surface area contributed by atoms with Gasteiger partial charge in [0, 0.05) is 12.7 Å². The third-order valence-electron chi connectivity index (χ3n) is 3.93. The van der Waals surface area contributed by atoms with Crippen LogP contribution in [0.25, 0.3) is 0 Å². The summed E-state index contributed by atoms with van der Waals surface area (Å²) in [6.45, 7) is 1.67. The van der Waals surface area contributed by atoms with Gasteiger partial charge in [0.2, 0.25) is 0 Å². The van der Waals surface area contributed by atoms with Crippen LogP contribution in [0.4, 0.5) is 5.82 Å². The summed E-state index contributed by atoms with van der Waals surface area (Å²) in [4.78, 5) is 19.1. The summed E-state index contributed by atoms with van der Waals surface area (Å²) in [5.74, 6) is 0.303. The average Bonchev–Trinajstić information content (AvgIpc) is 2.58. The Bertz CT molecular complexity index is 702. The number of piperidine rings is 1. The van der Waals surface area contributed by atoms with E-state index in [1.165, 1.54) is 0 Å². The highest BCUT2D eigenvalue weighted by Gasteiger charge is 2.30. The third-order valence-corrected chi connectivity index (χ3v) is 4.55. The number of amides is 1. The normalized spacial score (nSPS) is 17.7. The Kier molecular flexibility index (Phi) is 5.16. The Labute approximate surface area is 145 Å². The summed E-state index contributed by atoms with van der Waals surface area (Å²) >= 11 is 12.5. The Balaban J connectivity index is 2.03. The van der Waals surface area contributed by atoms with Crippen LogP contribution in [0.1, 0.15) is 23.2 Å². The van der Waals surface area contributed by atoms with Gasteiger partial charge in [-0.05, 0) is 43.7 Å². The average molecular weight is 350 g/mol. The van der Waals surface area contributed by atoms with Gasteiger partial charge in [-0.25, -0.2) is 4.98 Å². The van der Waals surface area contributed by atoms with Crippen LogP contribution in [0.3, 0.4) is 0 Å². The number of anilines is 1. The number of halogens is 2. The second kappa shape index (κ2) is 7.30. The molecule has 1 fully saturated rings. The molecule has 1 aliphatic heterocycles. The predicted octanol–water partition coefficient (Wildman–Crippen LogP) is 3.79. The molecular formula is C17H17Cl2N3O. The monoisotopic (exact) mass is 349 g/mol. The maximum absolute atomic E-state index is 13.1. The zero-order valence-corrected chi connectivity index (χ0v) is 14.0. The minimum absolute atomic E-state index is 0.0000715. The first-order chi connectivity index (χ1) is 11.2. The van der Waals surface area contributed by atoms with Crippen molar-refractivity contribution in [3.63, 3.8) is 0 Å². The van der Waals surface area contributed by atoms with Crippen LogP contribution in [-0.4, -0.2) is 30.0 Å². The van der Waals surface area contributed by atoms with Crippen molar-refractivity contribution in [3.05, 3.63) is 58.2 Å². The maximum Gasteiger partial charge on any atom is 0.261 e. The van der Waals surface area contributed by atoms with E-state index in [9.17, 15) is 4.79 Å². The summed E-state index contributed by atoms with van der Waals surface area (Å²) < 4.78 is 0. The van der Waals surface area contributed by atoms with Gasteiger partial charge in [-0.15, -0.1) is 0 Å². The molecule has 1 aliphatic rings. The van der Waals surface area contributed by atoms with Gasteiger partial charge in [0.05, 0.1) is 21.7 Å². The lowest BCUT2D eigenvalue weighted by Crippen LogP contribution is -2.49. The van der Waals surface area contributed by atoms with Crippen LogP contribution < -0.4 is 10.2 Å². The molecule has 1 amide bonds. The molecule has 2 heterocycles. The van der Waals surface area contributed by atoms with Gasteiger partial charge in [-0.2, -0.15) is 0 Å². The van der Waals surface area contributed by atoms with Crippen LogP contribution in [0.5, 0.6) is 0 Å². The first kappa shape index (κ1) is 16.2. The van der Waals surface area contributed by atoms with Gasteiger partial charge in [0.1, 0.15) is 0 Å². The number of benzene rings is 1. The molecule has 0 bridgehead atoms. The van der Waals surface area contributed by atoms with E-state index in [-0.39, 0.29) is 11.9 Å². The van der Waals surface area contributed by atoms with Crippen molar-refractivity contribution < 1.29 is 4.79 Å². The molecule has 3 rings (SSSR count). The Morgan fingerprint density at radius 3 is 2.65 bits per heavy atom. The SMILES string of the molecule is O=C(c1ccccc1Cl)N(c1ncccc1Cl)[C@@H]1CCCNC1. The fraction of sp³-hybridized carbons (Fsp3) is 0.294. The number of hydrogen-bond donors (Lipinski definition) is 1. The molecular weight excluding hydrogens is 333 g/mol. The van der Waals surface area contributed by atoms with Gasteiger partial charge >= 0.3 is 0 Å². The smallest absolute Gasteiger partial charge is 0.261 e. The van der Waals surface area contributed by atoms with E-state index < -0.39 is 0 Å². The lowest BCUT2D eigenvalue weighted by atomic mass is 10.0. The van der Waals surface area contributed by atoms with Crippen molar-refractivity contribution in [2.45, 2.75) is 18.9 Å². The zero-order valence-electron chi connectivity index (χ0n) is 12.5. The number of rotatable bonds is 3. The highest BCUT2D eigenvalue weighted by molar-refractivity contribution is 6.36. The third kappa shape index (κ3) is 3.50. The van der Waals surface area contributed by atoms with Gasteiger partial charge in [0.15, 0.2) is 5.82 Å². The van der Waals surface area contributed by atoms with E-state index in [2.05, 4.69) is 10.3 Å². The summed E-state index contributed by atoms with van der Waals surface area (Å²) in [7, 11) is 0. The lowest BCUT2D eigenvalue weighted by molar-refractivity contribution is 0.0971. The minimum Gasteiger partial charge on any atom is -0.315 e. The Morgan fingerprint density at radius 1 is 1.17 bits per heavy atom. The molecule has 1 aromatic heterocycles. The molecule has 0 spiro atoms. The largest absolute Gasteiger partial charge is 0.315 e. The molecule has 0 saturated carbocycles. The number of pyridine rings is 1. The fourth-order valence-electron chi connectivity index (χ4n) is 2.81. The minimum atomic E-state index is -0.176. The number of hydrogen-bond acceptors (Lipinski definition) is 3. The van der Waals surface area contributed by atoms with Crippen molar-refractivity contribution >= 4 is 34.9 Å². The molecule has 23 heavy (non-hydrogen) atoms. The molecule has 1 aromatic carbocycles. The van der Waals surface area contributed by atoms with Crippen LogP contribution in [0.15, 0.2) is 42.6 Å². The molecule has 0 unspecified atom stereocenters. The van der Waals surface area contributed by atoms with Crippen LogP contribution in [-0.2, 0) is 0 Å². The molecule has 2 aromatic rings. The van der Waals surface area contributed by atoms with E-state index in [0.29, 0.717) is 28.0 Å². The molecule has 0 radical (unpaired) electrons. The highest BCUT2D eigenvalue weighted by atomic mass is 35.5. The van der Waals surface area contributed by atoms with E-state index in [1.807, 2.05) is 0 Å². The first-order valence-corrected chi connectivity index (χ1v) is 8.33. The number of nitrogens with one attached hydrogen (secondary N) is 1. The standard InChI is InChI=1S/C17H17Cl2N3O/c18-14-7-2-1-6-13(14)17(23)22(12-5-3-9-20-11-12)16-15(19)8-4-10-21-16/h1-2,4,6-8,10,12,20H,3,5,9,11H2/t12-/m1/s1. The fourth-order valence-corrected chi connectivity index (χ4v) is 3.24. The van der Waals surface area contributed by atoms with Crippen molar-refractivity contribution in [1.82, 2.24) is 10.3 Å². The molecule has 1 saturated heterocycles. The quantitative estimate of drug-likeness (QED) is 0.916. The predicted molar refractivity (Wildman–Crippen MR) is 93.4 cm³/mol. The topological polar surface area (TPSA) is 45.2 Å². The van der Waals surface area contributed by atoms with Crippen molar-refractivity contribution in [3.8, 4) is 0 Å². The maximum atomic E-state index is 13.1. The van der Waals surface area contributed by atoms with E-state index in [4.69, 9.17) is 23.2 Å². The molecule has 4 nitrogen and oxygen atoms in total. The van der Waals surface area contributed by atoms with Crippen molar-refractivity contribution in [2.75, 3.05) is 18.0 Å². The molecule has 0 aliphatic carbocycles. The highest BCUT2D eigenvalue weighted by Crippen LogP contribution is 2.29. The number of carbonyl (C=O) groups is 1. The van der Waals surface area contributed by atoms with Crippen LogP contribution >= 0.6 is 23.2 Å². The van der Waals surface area contributed by atoms with Crippen molar-refractivity contribution in [2.24, 2.45) is 0 Å². The van der Waals surface area contributed by atoms with Gasteiger partial charge < -0.3 is 5.32 Å². The van der Waals surface area contributed by atoms with Gasteiger partial charge in [0.25, 0.3) is 5.91 Å². The second-order valence-corrected chi connectivity index (χ2v) is 6.28. The van der Waals surface area contributed by atoms with Crippen LogP contribution in [0.2, 0.25) is 10.0 Å². The molecule has 1 N–H and O–H groups in total. The van der Waals surface area contributed by atoms with E-state index in [1.54, 1.807) is 47.5 Å². The Morgan fingerprint density at radius 2 is 1.96 bits per heavy atom. The molecule has 1 atom stereocenters. The van der Waals surface area contributed by atoms with Gasteiger partial charge in [-0.1, -0.05) is 35.3 Å². The second-order valence-electron chi connectivity index (χ2n) is 5.46. The van der Waals surface area contributed by atoms with Gasteiger partial charge in [-0.3, -0.25) is 9.69 Å². The molecule has 120 valence electrons. The Hall–Kier alpha value is -1.62. The number of nitrogens with zero attached hydrogens (tertiary/aromatic N) is 2. The van der Waals surface area contributed by atoms with Crippen LogP contribution in [0, 0.1) is 0 Å². The molecule has 6 heteroatoms. The van der Waals surface area contributed by atoms with E-state index >= 15 is 0 Å². The summed E-state index contributed by atoms with van der Waals surface area (Å²) in [6, 6.07) is 10.5. The van der Waals surface area contributed by atoms with Crippen molar-refractivity contribution in [1.29, 1.82) is 0 Å². The summed E-state index contributed by atoms with van der Waals surface area (Å²) in [5, 5.41) is 4.21. The zero-order chi connectivity index (χ0) is 16.2. The first-order valence-electron chi connectivity index (χ1n) is 7.58. The number of aromatic nitrogens is 1. The summed E-state index contributed by atoms with van der Waals surface area (Å²) in [5.41, 5.74) is 0.460.